The van der Waals surface area contributed by atoms with Crippen molar-refractivity contribution in [3.05, 3.63) is 54.4 Å². The standard InChI is InChI=1S/C24H26N4O4/c1-30-18-7-6-17(15-20(18)31-2)19-16-21(26-32-19)24(8-9-24)23(29)28-13-11-27(12-14-28)22-5-3-4-10-25-22/h3-7,10,15-16H,8-9,11-14H2,1-2H3. The first kappa shape index (κ1) is 20.4. The maximum absolute atomic E-state index is 13.4. The monoisotopic (exact) mass is 434 g/mol. The van der Waals surface area contributed by atoms with Crippen LogP contribution in [-0.4, -0.2) is 61.3 Å². The summed E-state index contributed by atoms with van der Waals surface area (Å²) in [5.41, 5.74) is 0.971. The van der Waals surface area contributed by atoms with E-state index in [0.29, 0.717) is 36.0 Å². The molecule has 8 heteroatoms. The fraction of sp³-hybridized carbons (Fsp3) is 0.375. The topological polar surface area (TPSA) is 80.9 Å². The van der Waals surface area contributed by atoms with Crippen molar-refractivity contribution < 1.29 is 18.8 Å². The summed E-state index contributed by atoms with van der Waals surface area (Å²) in [5.74, 6) is 2.97. The summed E-state index contributed by atoms with van der Waals surface area (Å²) in [6, 6.07) is 13.4. The third-order valence-electron chi connectivity index (χ3n) is 6.37. The number of methoxy groups -OCH3 is 2. The number of benzene rings is 1. The Morgan fingerprint density at radius 3 is 2.44 bits per heavy atom. The van der Waals surface area contributed by atoms with Gasteiger partial charge in [0.25, 0.3) is 0 Å². The van der Waals surface area contributed by atoms with Gasteiger partial charge in [-0.1, -0.05) is 11.2 Å². The van der Waals surface area contributed by atoms with E-state index in [9.17, 15) is 4.79 Å². The summed E-state index contributed by atoms with van der Waals surface area (Å²) in [7, 11) is 3.20. The Morgan fingerprint density at radius 2 is 1.78 bits per heavy atom. The predicted molar refractivity (Wildman–Crippen MR) is 119 cm³/mol. The first-order chi connectivity index (χ1) is 15.6. The van der Waals surface area contributed by atoms with Crippen molar-refractivity contribution in [2.75, 3.05) is 45.3 Å². The molecule has 0 radical (unpaired) electrons. The normalized spacial score (nSPS) is 17.2. The van der Waals surface area contributed by atoms with Crippen molar-refractivity contribution in [1.82, 2.24) is 15.0 Å². The molecule has 2 aliphatic rings. The lowest BCUT2D eigenvalue weighted by Gasteiger charge is -2.36. The molecule has 8 nitrogen and oxygen atoms in total. The SMILES string of the molecule is COc1ccc(-c2cc(C3(C(=O)N4CCN(c5ccccn5)CC4)CC3)no2)cc1OC. The molecule has 0 bridgehead atoms. The Labute approximate surface area is 186 Å². The second-order valence-corrected chi connectivity index (χ2v) is 8.20. The van der Waals surface area contributed by atoms with Gasteiger partial charge in [0.1, 0.15) is 5.82 Å². The fourth-order valence-corrected chi connectivity index (χ4v) is 4.31. The number of piperazine rings is 1. The van der Waals surface area contributed by atoms with Crippen LogP contribution >= 0.6 is 0 Å². The van der Waals surface area contributed by atoms with Gasteiger partial charge in [-0.2, -0.15) is 0 Å². The minimum absolute atomic E-state index is 0.144. The molecule has 1 aliphatic heterocycles. The van der Waals surface area contributed by atoms with E-state index < -0.39 is 5.41 Å². The zero-order chi connectivity index (χ0) is 22.1. The second-order valence-electron chi connectivity index (χ2n) is 8.20. The molecule has 0 N–H and O–H groups in total. The van der Waals surface area contributed by atoms with Gasteiger partial charge in [-0.05, 0) is 43.2 Å². The molecule has 166 valence electrons. The van der Waals surface area contributed by atoms with Crippen molar-refractivity contribution in [1.29, 1.82) is 0 Å². The van der Waals surface area contributed by atoms with Gasteiger partial charge in [-0.25, -0.2) is 4.98 Å². The van der Waals surface area contributed by atoms with Gasteiger partial charge in [0.05, 0.1) is 25.3 Å². The minimum atomic E-state index is -0.564. The Kier molecular flexibility index (Phi) is 5.20. The summed E-state index contributed by atoms with van der Waals surface area (Å²) in [5, 5.41) is 4.29. The van der Waals surface area contributed by atoms with Crippen molar-refractivity contribution in [2.45, 2.75) is 18.3 Å². The quantitative estimate of drug-likeness (QED) is 0.590. The number of anilines is 1. The Balaban J connectivity index is 1.30. The first-order valence-corrected chi connectivity index (χ1v) is 10.8. The molecule has 0 atom stereocenters. The molecule has 1 saturated heterocycles. The molecule has 1 amide bonds. The Morgan fingerprint density at radius 1 is 1.00 bits per heavy atom. The molecule has 1 aliphatic carbocycles. The van der Waals surface area contributed by atoms with Gasteiger partial charge in [-0.15, -0.1) is 0 Å². The summed E-state index contributed by atoms with van der Waals surface area (Å²) in [6.07, 6.45) is 3.39. The van der Waals surface area contributed by atoms with Gasteiger partial charge in [0, 0.05) is 44.0 Å². The van der Waals surface area contributed by atoms with Crippen LogP contribution in [0.2, 0.25) is 0 Å². The van der Waals surface area contributed by atoms with Crippen molar-refractivity contribution in [2.24, 2.45) is 0 Å². The number of carbonyl (C=O) groups excluding carboxylic acids is 1. The molecule has 5 rings (SSSR count). The largest absolute Gasteiger partial charge is 0.493 e. The van der Waals surface area contributed by atoms with Crippen LogP contribution in [0.15, 0.2) is 53.2 Å². The predicted octanol–water partition coefficient (Wildman–Crippen LogP) is 3.13. The van der Waals surface area contributed by atoms with Crippen molar-refractivity contribution >= 4 is 11.7 Å². The van der Waals surface area contributed by atoms with Crippen LogP contribution in [0.3, 0.4) is 0 Å². The third-order valence-corrected chi connectivity index (χ3v) is 6.37. The lowest BCUT2D eigenvalue weighted by atomic mass is 9.99. The van der Waals surface area contributed by atoms with Crippen LogP contribution in [0.4, 0.5) is 5.82 Å². The van der Waals surface area contributed by atoms with E-state index >= 15 is 0 Å². The highest BCUT2D eigenvalue weighted by molar-refractivity contribution is 5.91. The number of nitrogens with zero attached hydrogens (tertiary/aromatic N) is 4. The highest BCUT2D eigenvalue weighted by atomic mass is 16.5. The van der Waals surface area contributed by atoms with E-state index in [2.05, 4.69) is 15.0 Å². The molecule has 3 aromatic rings. The summed E-state index contributed by atoms with van der Waals surface area (Å²) >= 11 is 0. The summed E-state index contributed by atoms with van der Waals surface area (Å²) < 4.78 is 16.3. The zero-order valence-corrected chi connectivity index (χ0v) is 18.3. The van der Waals surface area contributed by atoms with Gasteiger partial charge in [0.2, 0.25) is 5.91 Å². The lowest BCUT2D eigenvalue weighted by molar-refractivity contribution is -0.134. The summed E-state index contributed by atoms with van der Waals surface area (Å²) in [4.78, 5) is 22.0. The number of rotatable bonds is 6. The molecule has 2 fully saturated rings. The number of ether oxygens (including phenoxy) is 2. The van der Waals surface area contributed by atoms with Crippen LogP contribution in [0, 0.1) is 0 Å². The van der Waals surface area contributed by atoms with Crippen LogP contribution in [0.5, 0.6) is 11.5 Å². The second kappa shape index (κ2) is 8.18. The van der Waals surface area contributed by atoms with E-state index in [1.165, 1.54) is 0 Å². The third kappa shape index (κ3) is 3.55. The summed E-state index contributed by atoms with van der Waals surface area (Å²) in [6.45, 7) is 2.90. The van der Waals surface area contributed by atoms with Crippen molar-refractivity contribution in [3.63, 3.8) is 0 Å². The Bertz CT molecular complexity index is 1100. The van der Waals surface area contributed by atoms with E-state index in [-0.39, 0.29) is 5.91 Å². The molecule has 1 saturated carbocycles. The van der Waals surface area contributed by atoms with Crippen molar-refractivity contribution in [3.8, 4) is 22.8 Å². The molecular formula is C24H26N4O4. The maximum atomic E-state index is 13.4. The van der Waals surface area contributed by atoms with Crippen LogP contribution in [0.25, 0.3) is 11.3 Å². The van der Waals surface area contributed by atoms with E-state index in [1.54, 1.807) is 20.4 Å². The molecule has 1 aromatic carbocycles. The number of aromatic nitrogens is 2. The van der Waals surface area contributed by atoms with Gasteiger partial charge >= 0.3 is 0 Å². The number of pyridine rings is 1. The van der Waals surface area contributed by atoms with E-state index in [0.717, 1.165) is 37.3 Å². The number of amides is 1. The highest BCUT2D eigenvalue weighted by Crippen LogP contribution is 2.50. The minimum Gasteiger partial charge on any atom is -0.493 e. The Hall–Kier alpha value is -3.55. The molecule has 2 aromatic heterocycles. The van der Waals surface area contributed by atoms with Gasteiger partial charge in [0.15, 0.2) is 17.3 Å². The molecule has 32 heavy (non-hydrogen) atoms. The van der Waals surface area contributed by atoms with E-state index in [1.807, 2.05) is 47.4 Å². The van der Waals surface area contributed by atoms with Crippen LogP contribution < -0.4 is 14.4 Å². The smallest absolute Gasteiger partial charge is 0.235 e. The van der Waals surface area contributed by atoms with Gasteiger partial charge < -0.3 is 23.8 Å². The van der Waals surface area contributed by atoms with E-state index in [4.69, 9.17) is 14.0 Å². The fourth-order valence-electron chi connectivity index (χ4n) is 4.31. The number of carbonyl (C=O) groups is 1. The average molecular weight is 434 g/mol. The number of hydrogen-bond acceptors (Lipinski definition) is 7. The zero-order valence-electron chi connectivity index (χ0n) is 18.3. The number of hydrogen-bond donors (Lipinski definition) is 0. The average Bonchev–Trinajstić information content (AvgIpc) is 3.52. The molecule has 0 unspecified atom stereocenters. The van der Waals surface area contributed by atoms with Gasteiger partial charge in [-0.3, -0.25) is 4.79 Å². The molecule has 3 heterocycles. The molecular weight excluding hydrogens is 408 g/mol. The van der Waals surface area contributed by atoms with Crippen LogP contribution in [-0.2, 0) is 10.2 Å². The lowest BCUT2D eigenvalue weighted by Crippen LogP contribution is -2.51. The first-order valence-electron chi connectivity index (χ1n) is 10.8. The highest BCUT2D eigenvalue weighted by Gasteiger charge is 2.55. The van der Waals surface area contributed by atoms with Crippen LogP contribution in [0.1, 0.15) is 18.5 Å². The maximum Gasteiger partial charge on any atom is 0.235 e. The molecule has 0 spiro atoms.